The van der Waals surface area contributed by atoms with Gasteiger partial charge in [0.05, 0.1) is 5.52 Å². The molecule has 3 aromatic rings. The first-order chi connectivity index (χ1) is 9.92. The standard InChI is InChI=1S/C15H7N5/c1-2-4-10-8(3-1)5-9-11-13(17-6-16-11)15-14(12(9)20-10)18-7-19-15/h1-7H. The number of nitrogens with zero attached hydrogens (tertiary/aromatic N) is 5. The molecule has 0 aliphatic carbocycles. The van der Waals surface area contributed by atoms with Crippen LogP contribution in [0.25, 0.3) is 21.8 Å². The Morgan fingerprint density at radius 2 is 1.55 bits per heavy atom. The maximum absolute atomic E-state index is 4.74. The van der Waals surface area contributed by atoms with Crippen LogP contribution in [0.2, 0.25) is 0 Å². The summed E-state index contributed by atoms with van der Waals surface area (Å²) >= 11 is 0. The molecule has 2 aliphatic heterocycles. The van der Waals surface area contributed by atoms with Gasteiger partial charge in [0.15, 0.2) is 0 Å². The molecule has 0 saturated heterocycles. The van der Waals surface area contributed by atoms with E-state index in [1.807, 2.05) is 24.3 Å². The summed E-state index contributed by atoms with van der Waals surface area (Å²) in [5.74, 6) is 0. The lowest BCUT2D eigenvalue weighted by Gasteiger charge is -2.05. The maximum atomic E-state index is 4.74. The summed E-state index contributed by atoms with van der Waals surface area (Å²) in [5.41, 5.74) is 3.41. The average molecular weight is 257 g/mol. The van der Waals surface area contributed by atoms with Gasteiger partial charge in [-0.3, -0.25) is 0 Å². The number of pyridine rings is 1. The predicted octanol–water partition coefficient (Wildman–Crippen LogP) is 1.97. The SMILES string of the molecule is C1=Nc2c(c3c(c4nc5ccccc5cc24)N=CN=3)=N1. The minimum absolute atomic E-state index is 0.771. The summed E-state index contributed by atoms with van der Waals surface area (Å²) in [7, 11) is 0. The van der Waals surface area contributed by atoms with Crippen LogP contribution in [0.4, 0.5) is 11.4 Å². The topological polar surface area (TPSA) is 62.3 Å². The molecule has 2 aromatic carbocycles. The van der Waals surface area contributed by atoms with Crippen LogP contribution in [0.5, 0.6) is 0 Å². The molecule has 5 nitrogen and oxygen atoms in total. The highest BCUT2D eigenvalue weighted by molar-refractivity contribution is 6.05. The summed E-state index contributed by atoms with van der Waals surface area (Å²) in [6.45, 7) is 0. The third-order valence-electron chi connectivity index (χ3n) is 3.62. The van der Waals surface area contributed by atoms with Gasteiger partial charge in [0, 0.05) is 10.8 Å². The van der Waals surface area contributed by atoms with Crippen LogP contribution in [-0.2, 0) is 0 Å². The van der Waals surface area contributed by atoms with Gasteiger partial charge in [0.1, 0.15) is 40.3 Å². The van der Waals surface area contributed by atoms with E-state index in [-0.39, 0.29) is 0 Å². The van der Waals surface area contributed by atoms with Gasteiger partial charge in [-0.25, -0.2) is 25.0 Å². The monoisotopic (exact) mass is 257 g/mol. The van der Waals surface area contributed by atoms with E-state index in [0.717, 1.165) is 43.9 Å². The number of fused-ring (bicyclic) bond motifs is 7. The lowest BCUT2D eigenvalue weighted by Crippen LogP contribution is -2.24. The van der Waals surface area contributed by atoms with Gasteiger partial charge in [-0.1, -0.05) is 18.2 Å². The zero-order valence-electron chi connectivity index (χ0n) is 10.3. The van der Waals surface area contributed by atoms with Gasteiger partial charge in [-0.2, -0.15) is 0 Å². The second-order valence-corrected chi connectivity index (χ2v) is 4.72. The van der Waals surface area contributed by atoms with E-state index in [1.165, 1.54) is 0 Å². The van der Waals surface area contributed by atoms with Crippen LogP contribution in [-0.4, -0.2) is 17.7 Å². The quantitative estimate of drug-likeness (QED) is 0.568. The van der Waals surface area contributed by atoms with Crippen LogP contribution < -0.4 is 10.7 Å². The molecular weight excluding hydrogens is 250 g/mol. The average Bonchev–Trinajstić information content (AvgIpc) is 3.14. The Morgan fingerprint density at radius 3 is 2.45 bits per heavy atom. The van der Waals surface area contributed by atoms with Crippen molar-refractivity contribution in [1.29, 1.82) is 0 Å². The highest BCUT2D eigenvalue weighted by Gasteiger charge is 2.18. The number of hydrogen-bond acceptors (Lipinski definition) is 5. The van der Waals surface area contributed by atoms with E-state index >= 15 is 0 Å². The Labute approximate surface area is 112 Å². The third kappa shape index (κ3) is 1.10. The smallest absolute Gasteiger partial charge is 0.121 e. The fourth-order valence-corrected chi connectivity index (χ4v) is 2.73. The summed E-state index contributed by atoms with van der Waals surface area (Å²) in [4.78, 5) is 22.0. The van der Waals surface area contributed by atoms with E-state index in [4.69, 9.17) is 4.98 Å². The summed E-state index contributed by atoms with van der Waals surface area (Å²) in [5, 5.41) is 3.63. The van der Waals surface area contributed by atoms with Gasteiger partial charge in [-0.05, 0) is 12.1 Å². The molecule has 5 heteroatoms. The fraction of sp³-hybridized carbons (Fsp3) is 0. The number of hydrogen-bond donors (Lipinski definition) is 0. The normalized spacial score (nSPS) is 14.4. The van der Waals surface area contributed by atoms with Crippen molar-refractivity contribution in [1.82, 2.24) is 4.98 Å². The van der Waals surface area contributed by atoms with E-state index in [2.05, 4.69) is 26.0 Å². The van der Waals surface area contributed by atoms with Crippen molar-refractivity contribution in [3.05, 3.63) is 41.0 Å². The molecule has 0 bridgehead atoms. The zero-order valence-corrected chi connectivity index (χ0v) is 10.3. The molecule has 0 saturated carbocycles. The zero-order chi connectivity index (χ0) is 13.1. The Bertz CT molecular complexity index is 1000. The van der Waals surface area contributed by atoms with E-state index in [9.17, 15) is 0 Å². The molecule has 0 N–H and O–H groups in total. The summed E-state index contributed by atoms with van der Waals surface area (Å²) in [6, 6.07) is 10.1. The Balaban J connectivity index is 2.14. The first-order valence-corrected chi connectivity index (χ1v) is 6.28. The minimum atomic E-state index is 0.771. The molecule has 0 amide bonds. The lowest BCUT2D eigenvalue weighted by atomic mass is 10.1. The van der Waals surface area contributed by atoms with Crippen LogP contribution >= 0.6 is 0 Å². The van der Waals surface area contributed by atoms with Crippen molar-refractivity contribution in [3.8, 4) is 0 Å². The number of benzene rings is 2. The van der Waals surface area contributed by atoms with E-state index in [1.54, 1.807) is 12.7 Å². The van der Waals surface area contributed by atoms with Gasteiger partial charge in [0.25, 0.3) is 0 Å². The Morgan fingerprint density at radius 1 is 0.800 bits per heavy atom. The molecule has 0 unspecified atom stereocenters. The second kappa shape index (κ2) is 3.33. The number of aliphatic imine (C=N–C) groups is 2. The maximum Gasteiger partial charge on any atom is 0.121 e. The van der Waals surface area contributed by atoms with E-state index < -0.39 is 0 Å². The van der Waals surface area contributed by atoms with Crippen molar-refractivity contribution in [2.45, 2.75) is 0 Å². The summed E-state index contributed by atoms with van der Waals surface area (Å²) < 4.78 is 0. The van der Waals surface area contributed by atoms with Gasteiger partial charge in [-0.15, -0.1) is 0 Å². The Hall–Kier alpha value is -2.95. The molecule has 1 aromatic heterocycles. The number of aromatic nitrogens is 1. The highest BCUT2D eigenvalue weighted by Crippen LogP contribution is 2.31. The fourth-order valence-electron chi connectivity index (χ4n) is 2.73. The minimum Gasteiger partial charge on any atom is -0.245 e. The van der Waals surface area contributed by atoms with Gasteiger partial charge >= 0.3 is 0 Å². The molecule has 0 radical (unpaired) electrons. The van der Waals surface area contributed by atoms with Crippen LogP contribution in [0.1, 0.15) is 0 Å². The van der Waals surface area contributed by atoms with Crippen LogP contribution in [0, 0.1) is 0 Å². The van der Waals surface area contributed by atoms with Gasteiger partial charge < -0.3 is 0 Å². The Kier molecular flexibility index (Phi) is 1.65. The van der Waals surface area contributed by atoms with Crippen molar-refractivity contribution < 1.29 is 0 Å². The van der Waals surface area contributed by atoms with Gasteiger partial charge in [0.2, 0.25) is 0 Å². The molecule has 0 spiro atoms. The van der Waals surface area contributed by atoms with E-state index in [0.29, 0.717) is 0 Å². The lowest BCUT2D eigenvalue weighted by molar-refractivity contribution is 1.33. The number of para-hydroxylation sites is 1. The van der Waals surface area contributed by atoms with Crippen molar-refractivity contribution in [2.24, 2.45) is 20.0 Å². The first kappa shape index (κ1) is 9.91. The number of rotatable bonds is 0. The first-order valence-electron chi connectivity index (χ1n) is 6.28. The molecule has 92 valence electrons. The van der Waals surface area contributed by atoms with Crippen LogP contribution in [0.3, 0.4) is 0 Å². The molecule has 5 rings (SSSR count). The second-order valence-electron chi connectivity index (χ2n) is 4.72. The molecule has 2 aliphatic rings. The third-order valence-corrected chi connectivity index (χ3v) is 3.62. The molecule has 3 heterocycles. The van der Waals surface area contributed by atoms with Crippen LogP contribution in [0.15, 0.2) is 50.3 Å². The summed E-state index contributed by atoms with van der Waals surface area (Å²) in [6.07, 6.45) is 3.11. The van der Waals surface area contributed by atoms with Crippen molar-refractivity contribution in [2.75, 3.05) is 0 Å². The molecular formula is C15H7N5. The predicted molar refractivity (Wildman–Crippen MR) is 77.9 cm³/mol. The highest BCUT2D eigenvalue weighted by atomic mass is 15.0. The molecule has 0 atom stereocenters. The molecule has 0 fully saturated rings. The largest absolute Gasteiger partial charge is 0.245 e. The van der Waals surface area contributed by atoms with Crippen molar-refractivity contribution >= 4 is 45.9 Å². The molecule has 20 heavy (non-hydrogen) atoms. The van der Waals surface area contributed by atoms with Crippen molar-refractivity contribution in [3.63, 3.8) is 0 Å².